The summed E-state index contributed by atoms with van der Waals surface area (Å²) in [6.07, 6.45) is 1.78. The van der Waals surface area contributed by atoms with Crippen LogP contribution in [0.25, 0.3) is 10.9 Å². The summed E-state index contributed by atoms with van der Waals surface area (Å²) in [6.45, 7) is 4.25. The molecule has 1 aromatic heterocycles. The normalized spacial score (nSPS) is 16.9. The summed E-state index contributed by atoms with van der Waals surface area (Å²) in [5, 5.41) is 4.91. The summed E-state index contributed by atoms with van der Waals surface area (Å²) >= 11 is 5.94. The third-order valence-electron chi connectivity index (χ3n) is 3.52. The van der Waals surface area contributed by atoms with Gasteiger partial charge in [0.1, 0.15) is 0 Å². The van der Waals surface area contributed by atoms with Gasteiger partial charge < -0.3 is 10.3 Å². The number of hydrogen-bond acceptors (Lipinski definition) is 3. The Balaban J connectivity index is 1.81. The first-order valence-corrected chi connectivity index (χ1v) is 6.85. The number of Topliss-reactive ketones (excluding diaryl/α,β-unsaturated/α-hetero) is 1. The number of nitrogens with one attached hydrogen (secondary N) is 2. The van der Waals surface area contributed by atoms with E-state index in [1.165, 1.54) is 0 Å². The van der Waals surface area contributed by atoms with E-state index in [0.717, 1.165) is 42.6 Å². The molecule has 19 heavy (non-hydrogen) atoms. The molecule has 0 unspecified atom stereocenters. The number of hydrogen-bond donors (Lipinski definition) is 2. The molecule has 0 aliphatic carbocycles. The lowest BCUT2D eigenvalue weighted by Crippen LogP contribution is -2.45. The van der Waals surface area contributed by atoms with Crippen LogP contribution in [0.5, 0.6) is 0 Å². The topological polar surface area (TPSA) is 48.1 Å². The number of benzene rings is 1. The third-order valence-corrected chi connectivity index (χ3v) is 3.76. The second-order valence-corrected chi connectivity index (χ2v) is 5.28. The van der Waals surface area contributed by atoms with Crippen LogP contribution >= 0.6 is 11.6 Å². The predicted molar refractivity (Wildman–Crippen MR) is 76.9 cm³/mol. The van der Waals surface area contributed by atoms with Gasteiger partial charge in [-0.15, -0.1) is 0 Å². The first kappa shape index (κ1) is 12.7. The number of nitrogens with zero attached hydrogens (tertiary/aromatic N) is 1. The molecule has 1 aromatic carbocycles. The molecule has 2 N–H and O–H groups in total. The van der Waals surface area contributed by atoms with Crippen molar-refractivity contribution >= 4 is 28.3 Å². The minimum atomic E-state index is 0.162. The maximum absolute atomic E-state index is 12.4. The van der Waals surface area contributed by atoms with Gasteiger partial charge in [-0.3, -0.25) is 9.69 Å². The Kier molecular flexibility index (Phi) is 3.55. The number of carbonyl (C=O) groups is 1. The highest BCUT2D eigenvalue weighted by Crippen LogP contribution is 2.22. The fraction of sp³-hybridized carbons (Fsp3) is 0.357. The molecule has 0 radical (unpaired) electrons. The zero-order chi connectivity index (χ0) is 13.2. The molecule has 0 bridgehead atoms. The maximum Gasteiger partial charge on any atom is 0.178 e. The van der Waals surface area contributed by atoms with Gasteiger partial charge in [0.05, 0.1) is 6.54 Å². The van der Waals surface area contributed by atoms with Crippen LogP contribution in [0.3, 0.4) is 0 Å². The van der Waals surface area contributed by atoms with Crippen LogP contribution in [-0.2, 0) is 0 Å². The minimum absolute atomic E-state index is 0.162. The van der Waals surface area contributed by atoms with E-state index in [4.69, 9.17) is 11.6 Å². The summed E-state index contributed by atoms with van der Waals surface area (Å²) in [5.41, 5.74) is 1.67. The van der Waals surface area contributed by atoms with Crippen molar-refractivity contribution in [2.75, 3.05) is 32.7 Å². The summed E-state index contributed by atoms with van der Waals surface area (Å²) in [5.74, 6) is 0.162. The summed E-state index contributed by atoms with van der Waals surface area (Å²) in [6, 6.07) is 5.57. The number of aromatic amines is 1. The van der Waals surface area contributed by atoms with E-state index >= 15 is 0 Å². The van der Waals surface area contributed by atoms with E-state index in [1.54, 1.807) is 6.20 Å². The molecule has 4 nitrogen and oxygen atoms in total. The van der Waals surface area contributed by atoms with Crippen molar-refractivity contribution in [1.82, 2.24) is 15.2 Å². The van der Waals surface area contributed by atoms with Crippen molar-refractivity contribution in [2.45, 2.75) is 0 Å². The summed E-state index contributed by atoms with van der Waals surface area (Å²) in [7, 11) is 0. The highest BCUT2D eigenvalue weighted by atomic mass is 35.5. The quantitative estimate of drug-likeness (QED) is 0.843. The predicted octanol–water partition coefficient (Wildman–Crippen LogP) is 1.91. The summed E-state index contributed by atoms with van der Waals surface area (Å²) < 4.78 is 0. The average molecular weight is 278 g/mol. The Morgan fingerprint density at radius 3 is 2.89 bits per heavy atom. The van der Waals surface area contributed by atoms with E-state index < -0.39 is 0 Å². The van der Waals surface area contributed by atoms with Gasteiger partial charge in [0.15, 0.2) is 5.78 Å². The Labute approximate surface area is 116 Å². The molecule has 0 saturated carbocycles. The van der Waals surface area contributed by atoms with Crippen LogP contribution in [0.4, 0.5) is 0 Å². The molecule has 0 amide bonds. The fourth-order valence-electron chi connectivity index (χ4n) is 2.49. The molecule has 1 fully saturated rings. The highest BCUT2D eigenvalue weighted by molar-refractivity contribution is 6.31. The van der Waals surface area contributed by atoms with Gasteiger partial charge in [0.2, 0.25) is 0 Å². The second kappa shape index (κ2) is 5.33. The number of fused-ring (bicyclic) bond motifs is 1. The van der Waals surface area contributed by atoms with Crippen LogP contribution in [0.2, 0.25) is 5.02 Å². The molecule has 0 spiro atoms. The number of piperazine rings is 1. The third kappa shape index (κ3) is 2.66. The molecule has 2 aromatic rings. The van der Waals surface area contributed by atoms with Gasteiger partial charge in [0, 0.05) is 53.9 Å². The number of ketones is 1. The molecular weight excluding hydrogens is 262 g/mol. The van der Waals surface area contributed by atoms with Gasteiger partial charge in [0.25, 0.3) is 0 Å². The molecule has 2 heterocycles. The average Bonchev–Trinajstić information content (AvgIpc) is 2.82. The number of halogens is 1. The maximum atomic E-state index is 12.4. The smallest absolute Gasteiger partial charge is 0.178 e. The first-order chi connectivity index (χ1) is 9.24. The number of H-pyrrole nitrogens is 1. The Hall–Kier alpha value is -1.36. The van der Waals surface area contributed by atoms with Crippen molar-refractivity contribution < 1.29 is 4.79 Å². The first-order valence-electron chi connectivity index (χ1n) is 6.47. The van der Waals surface area contributed by atoms with Gasteiger partial charge in [-0.05, 0) is 12.1 Å². The van der Waals surface area contributed by atoms with Gasteiger partial charge >= 0.3 is 0 Å². The Bertz CT molecular complexity index is 602. The van der Waals surface area contributed by atoms with Crippen LogP contribution in [-0.4, -0.2) is 48.4 Å². The van der Waals surface area contributed by atoms with Crippen molar-refractivity contribution in [3.8, 4) is 0 Å². The Morgan fingerprint density at radius 2 is 2.11 bits per heavy atom. The molecule has 1 saturated heterocycles. The standard InChI is InChI=1S/C14H16ClN3O/c15-10-1-2-11-12(8-17-13(11)7-10)14(19)9-18-5-3-16-4-6-18/h1-2,7-8,16-17H,3-6,9H2. The second-order valence-electron chi connectivity index (χ2n) is 4.84. The van der Waals surface area contributed by atoms with Crippen molar-refractivity contribution in [3.63, 3.8) is 0 Å². The van der Waals surface area contributed by atoms with E-state index in [0.29, 0.717) is 11.6 Å². The zero-order valence-electron chi connectivity index (χ0n) is 10.6. The van der Waals surface area contributed by atoms with Gasteiger partial charge in [-0.2, -0.15) is 0 Å². The molecule has 100 valence electrons. The van der Waals surface area contributed by atoms with Crippen molar-refractivity contribution in [1.29, 1.82) is 0 Å². The Morgan fingerprint density at radius 1 is 1.32 bits per heavy atom. The monoisotopic (exact) mass is 277 g/mol. The van der Waals surface area contributed by atoms with Crippen LogP contribution in [0, 0.1) is 0 Å². The number of rotatable bonds is 3. The lowest BCUT2D eigenvalue weighted by molar-refractivity contribution is 0.0923. The van der Waals surface area contributed by atoms with Crippen LogP contribution in [0.1, 0.15) is 10.4 Å². The van der Waals surface area contributed by atoms with E-state index in [1.807, 2.05) is 18.2 Å². The lowest BCUT2D eigenvalue weighted by Gasteiger charge is -2.26. The molecular formula is C14H16ClN3O. The lowest BCUT2D eigenvalue weighted by atomic mass is 10.1. The van der Waals surface area contributed by atoms with E-state index in [9.17, 15) is 4.79 Å². The van der Waals surface area contributed by atoms with E-state index in [2.05, 4.69) is 15.2 Å². The zero-order valence-corrected chi connectivity index (χ0v) is 11.3. The van der Waals surface area contributed by atoms with E-state index in [-0.39, 0.29) is 5.78 Å². The highest BCUT2D eigenvalue weighted by Gasteiger charge is 2.17. The van der Waals surface area contributed by atoms with Crippen molar-refractivity contribution in [3.05, 3.63) is 35.0 Å². The molecule has 3 rings (SSSR count). The minimum Gasteiger partial charge on any atom is -0.360 e. The van der Waals surface area contributed by atoms with Crippen molar-refractivity contribution in [2.24, 2.45) is 0 Å². The van der Waals surface area contributed by atoms with Gasteiger partial charge in [-0.1, -0.05) is 17.7 Å². The van der Waals surface area contributed by atoms with Gasteiger partial charge in [-0.25, -0.2) is 0 Å². The fourth-order valence-corrected chi connectivity index (χ4v) is 2.66. The molecule has 1 aliphatic rings. The number of aromatic nitrogens is 1. The SMILES string of the molecule is O=C(CN1CCNCC1)c1c[nH]c2cc(Cl)ccc12. The molecule has 5 heteroatoms. The number of carbonyl (C=O) groups excluding carboxylic acids is 1. The molecule has 1 aliphatic heterocycles. The largest absolute Gasteiger partial charge is 0.360 e. The molecule has 0 atom stereocenters. The van der Waals surface area contributed by atoms with Crippen LogP contribution < -0.4 is 5.32 Å². The summed E-state index contributed by atoms with van der Waals surface area (Å²) in [4.78, 5) is 17.7. The van der Waals surface area contributed by atoms with Crippen LogP contribution in [0.15, 0.2) is 24.4 Å².